The highest BCUT2D eigenvalue weighted by molar-refractivity contribution is 5.62. The van der Waals surface area contributed by atoms with E-state index in [1.54, 1.807) is 23.1 Å². The Kier molecular flexibility index (Phi) is 1.71. The van der Waals surface area contributed by atoms with Crippen molar-refractivity contribution in [3.63, 3.8) is 0 Å². The molecule has 72 valence electrons. The van der Waals surface area contributed by atoms with E-state index in [-0.39, 0.29) is 0 Å². The monoisotopic (exact) mass is 196 g/mol. The third-order valence-electron chi connectivity index (χ3n) is 2.19. The second kappa shape index (κ2) is 3.16. The average molecular weight is 196 g/mol. The molecule has 4 nitrogen and oxygen atoms in total. The topological polar surface area (TPSA) is 43.1 Å². The zero-order valence-corrected chi connectivity index (χ0v) is 7.91. The predicted octanol–water partition coefficient (Wildman–Crippen LogP) is 1.79. The first-order chi connectivity index (χ1) is 7.43. The van der Waals surface area contributed by atoms with Crippen molar-refractivity contribution in [3.8, 4) is 11.3 Å². The fraction of sp³-hybridized carbons (Fsp3) is 0. The first-order valence-corrected chi connectivity index (χ1v) is 4.64. The maximum atomic E-state index is 4.40. The van der Waals surface area contributed by atoms with E-state index in [1.165, 1.54) is 0 Å². The fourth-order valence-corrected chi connectivity index (χ4v) is 1.49. The van der Waals surface area contributed by atoms with E-state index in [2.05, 4.69) is 15.1 Å². The van der Waals surface area contributed by atoms with Crippen LogP contribution in [-0.4, -0.2) is 19.6 Å². The van der Waals surface area contributed by atoms with Crippen LogP contribution in [0.1, 0.15) is 0 Å². The van der Waals surface area contributed by atoms with Crippen LogP contribution in [0.15, 0.2) is 49.1 Å². The fourth-order valence-electron chi connectivity index (χ4n) is 1.49. The van der Waals surface area contributed by atoms with Gasteiger partial charge in [0.1, 0.15) is 0 Å². The van der Waals surface area contributed by atoms with E-state index in [1.807, 2.05) is 30.5 Å². The van der Waals surface area contributed by atoms with Crippen LogP contribution in [0.4, 0.5) is 0 Å². The quantitative estimate of drug-likeness (QED) is 0.596. The molecule has 0 aliphatic rings. The molecule has 0 N–H and O–H groups in total. The van der Waals surface area contributed by atoms with E-state index in [9.17, 15) is 0 Å². The summed E-state index contributed by atoms with van der Waals surface area (Å²) in [6.45, 7) is 0. The van der Waals surface area contributed by atoms with Crippen molar-refractivity contribution in [3.05, 3.63) is 49.1 Å². The van der Waals surface area contributed by atoms with Crippen molar-refractivity contribution in [2.45, 2.75) is 0 Å². The molecule has 0 atom stereocenters. The van der Waals surface area contributed by atoms with Gasteiger partial charge in [-0.3, -0.25) is 4.98 Å². The van der Waals surface area contributed by atoms with Crippen LogP contribution in [-0.2, 0) is 0 Å². The summed E-state index contributed by atoms with van der Waals surface area (Å²) < 4.78 is 1.75. The summed E-state index contributed by atoms with van der Waals surface area (Å²) in [6.07, 6.45) is 7.17. The zero-order valence-electron chi connectivity index (χ0n) is 7.91. The molecule has 3 heterocycles. The highest BCUT2D eigenvalue weighted by Gasteiger charge is 2.03. The molecule has 15 heavy (non-hydrogen) atoms. The summed E-state index contributed by atoms with van der Waals surface area (Å²) in [6, 6.07) is 7.67. The maximum Gasteiger partial charge on any atom is 0.155 e. The third-order valence-corrected chi connectivity index (χ3v) is 2.19. The van der Waals surface area contributed by atoms with Gasteiger partial charge in [0.25, 0.3) is 0 Å². The Morgan fingerprint density at radius 3 is 2.93 bits per heavy atom. The zero-order chi connectivity index (χ0) is 10.1. The smallest absolute Gasteiger partial charge is 0.155 e. The molecule has 0 amide bonds. The van der Waals surface area contributed by atoms with E-state index in [0.717, 1.165) is 16.9 Å². The molecule has 0 saturated carbocycles. The van der Waals surface area contributed by atoms with Crippen molar-refractivity contribution in [1.82, 2.24) is 19.6 Å². The molecule has 0 aliphatic heterocycles. The largest absolute Gasteiger partial charge is 0.264 e. The minimum absolute atomic E-state index is 0.844. The van der Waals surface area contributed by atoms with Gasteiger partial charge in [0.15, 0.2) is 5.65 Å². The lowest BCUT2D eigenvalue weighted by Gasteiger charge is -1.91. The van der Waals surface area contributed by atoms with E-state index < -0.39 is 0 Å². The van der Waals surface area contributed by atoms with Gasteiger partial charge < -0.3 is 0 Å². The van der Waals surface area contributed by atoms with Crippen molar-refractivity contribution in [2.75, 3.05) is 0 Å². The van der Waals surface area contributed by atoms with Gasteiger partial charge in [-0.25, -0.2) is 9.50 Å². The molecule has 0 radical (unpaired) electrons. The van der Waals surface area contributed by atoms with Crippen molar-refractivity contribution >= 4 is 5.65 Å². The Bertz CT molecular complexity index is 553. The van der Waals surface area contributed by atoms with Gasteiger partial charge in [-0.2, -0.15) is 5.10 Å². The highest BCUT2D eigenvalue weighted by atomic mass is 15.2. The van der Waals surface area contributed by atoms with E-state index in [0.29, 0.717) is 0 Å². The predicted molar refractivity (Wildman–Crippen MR) is 56.2 cm³/mol. The molecule has 3 rings (SSSR count). The first-order valence-electron chi connectivity index (χ1n) is 4.64. The van der Waals surface area contributed by atoms with Crippen LogP contribution < -0.4 is 0 Å². The molecule has 0 bridgehead atoms. The number of aromatic nitrogens is 4. The number of fused-ring (bicyclic) bond motifs is 1. The Labute approximate surface area is 86.2 Å². The molecule has 0 unspecified atom stereocenters. The molecule has 0 spiro atoms. The normalized spacial score (nSPS) is 10.7. The third kappa shape index (κ3) is 1.36. The van der Waals surface area contributed by atoms with E-state index >= 15 is 0 Å². The number of hydrogen-bond acceptors (Lipinski definition) is 3. The Balaban J connectivity index is 2.21. The maximum absolute atomic E-state index is 4.40. The molecule has 3 aromatic rings. The minimum Gasteiger partial charge on any atom is -0.264 e. The second-order valence-electron chi connectivity index (χ2n) is 3.19. The van der Waals surface area contributed by atoms with Gasteiger partial charge in [-0.05, 0) is 18.2 Å². The average Bonchev–Trinajstić information content (AvgIpc) is 2.74. The molecule has 0 aromatic carbocycles. The highest BCUT2D eigenvalue weighted by Crippen LogP contribution is 2.16. The summed E-state index contributed by atoms with van der Waals surface area (Å²) in [5.74, 6) is 0. The number of rotatable bonds is 1. The number of pyridine rings is 1. The van der Waals surface area contributed by atoms with Crippen molar-refractivity contribution in [2.24, 2.45) is 0 Å². The van der Waals surface area contributed by atoms with Crippen LogP contribution in [0.3, 0.4) is 0 Å². The summed E-state index contributed by atoms with van der Waals surface area (Å²) in [5, 5.41) is 4.40. The Morgan fingerprint density at radius 1 is 1.13 bits per heavy atom. The molecule has 0 saturated heterocycles. The summed E-state index contributed by atoms with van der Waals surface area (Å²) in [5.41, 5.74) is 2.74. The minimum atomic E-state index is 0.844. The Morgan fingerprint density at radius 2 is 2.13 bits per heavy atom. The second-order valence-corrected chi connectivity index (χ2v) is 3.19. The van der Waals surface area contributed by atoms with Crippen molar-refractivity contribution in [1.29, 1.82) is 0 Å². The molecule has 3 aromatic heterocycles. The lowest BCUT2D eigenvalue weighted by Crippen LogP contribution is -1.87. The van der Waals surface area contributed by atoms with Crippen LogP contribution in [0.5, 0.6) is 0 Å². The first kappa shape index (κ1) is 8.11. The number of nitrogens with zero attached hydrogens (tertiary/aromatic N) is 4. The van der Waals surface area contributed by atoms with Gasteiger partial charge in [-0.1, -0.05) is 0 Å². The summed E-state index contributed by atoms with van der Waals surface area (Å²) in [4.78, 5) is 8.27. The van der Waals surface area contributed by atoms with Crippen LogP contribution in [0.25, 0.3) is 16.9 Å². The van der Waals surface area contributed by atoms with E-state index in [4.69, 9.17) is 0 Å². The lowest BCUT2D eigenvalue weighted by molar-refractivity contribution is 0.943. The SMILES string of the molecule is c1cncc(-c2cc3ncccn3n2)c1. The summed E-state index contributed by atoms with van der Waals surface area (Å²) in [7, 11) is 0. The van der Waals surface area contributed by atoms with Crippen LogP contribution in [0, 0.1) is 0 Å². The Hall–Kier alpha value is -2.23. The molecule has 0 fully saturated rings. The van der Waals surface area contributed by atoms with Gasteiger partial charge in [0.05, 0.1) is 5.69 Å². The van der Waals surface area contributed by atoms with Crippen LogP contribution >= 0.6 is 0 Å². The van der Waals surface area contributed by atoms with Gasteiger partial charge >= 0.3 is 0 Å². The molecular weight excluding hydrogens is 188 g/mol. The lowest BCUT2D eigenvalue weighted by atomic mass is 10.2. The van der Waals surface area contributed by atoms with Crippen molar-refractivity contribution < 1.29 is 0 Å². The standard InChI is InChI=1S/C11H8N4/c1-3-9(8-12-4-1)10-7-11-13-5-2-6-15(11)14-10/h1-8H. The van der Waals surface area contributed by atoms with Gasteiger partial charge in [0, 0.05) is 36.4 Å². The summed E-state index contributed by atoms with van der Waals surface area (Å²) >= 11 is 0. The van der Waals surface area contributed by atoms with Gasteiger partial charge in [-0.15, -0.1) is 0 Å². The molecule has 4 heteroatoms. The molecular formula is C11H8N4. The molecule has 0 aliphatic carbocycles. The van der Waals surface area contributed by atoms with Crippen LogP contribution in [0.2, 0.25) is 0 Å². The van der Waals surface area contributed by atoms with Gasteiger partial charge in [0.2, 0.25) is 0 Å². The number of hydrogen-bond donors (Lipinski definition) is 0.